The number of esters is 1. The molecule has 0 aliphatic carbocycles. The Morgan fingerprint density at radius 1 is 1.04 bits per heavy atom. The van der Waals surface area contributed by atoms with Gasteiger partial charge in [-0.15, -0.1) is 0 Å². The maximum atomic E-state index is 12.8. The number of ether oxygens (including phenoxy) is 2. The Labute approximate surface area is 158 Å². The van der Waals surface area contributed by atoms with E-state index >= 15 is 0 Å². The molecule has 0 saturated carbocycles. The number of anilines is 1. The van der Waals surface area contributed by atoms with E-state index in [1.54, 1.807) is 12.1 Å². The number of carbonyl (C=O) groups excluding carboxylic acids is 2. The summed E-state index contributed by atoms with van der Waals surface area (Å²) in [5, 5.41) is 3.00. The number of amides is 1. The van der Waals surface area contributed by atoms with Crippen LogP contribution in [0.4, 0.5) is 5.69 Å². The highest BCUT2D eigenvalue weighted by atomic mass is 35.5. The predicted molar refractivity (Wildman–Crippen MR) is 102 cm³/mol. The molecule has 0 unspecified atom stereocenters. The van der Waals surface area contributed by atoms with Gasteiger partial charge in [0.2, 0.25) is 0 Å². The first-order valence-corrected chi connectivity index (χ1v) is 8.43. The van der Waals surface area contributed by atoms with Crippen LogP contribution in [0, 0.1) is 0 Å². The Hall–Kier alpha value is -2.53. The average Bonchev–Trinajstić information content (AvgIpc) is 2.61. The summed E-state index contributed by atoms with van der Waals surface area (Å²) in [6.45, 7) is 6.21. The zero-order valence-corrected chi connectivity index (χ0v) is 16.2. The second kappa shape index (κ2) is 7.79. The van der Waals surface area contributed by atoms with Crippen molar-refractivity contribution >= 4 is 29.2 Å². The third-order valence-corrected chi connectivity index (χ3v) is 4.26. The van der Waals surface area contributed by atoms with E-state index in [0.29, 0.717) is 22.6 Å². The van der Waals surface area contributed by atoms with Crippen LogP contribution in [-0.2, 0) is 10.2 Å². The van der Waals surface area contributed by atoms with Crippen molar-refractivity contribution in [2.24, 2.45) is 0 Å². The molecule has 0 aliphatic heterocycles. The smallest absolute Gasteiger partial charge is 0.337 e. The van der Waals surface area contributed by atoms with Gasteiger partial charge in [-0.05, 0) is 41.3 Å². The molecule has 1 N–H and O–H groups in total. The first-order valence-electron chi connectivity index (χ1n) is 8.05. The molecule has 5 nitrogen and oxygen atoms in total. The molecule has 2 aromatic rings. The third kappa shape index (κ3) is 4.35. The van der Waals surface area contributed by atoms with Crippen LogP contribution in [0.25, 0.3) is 0 Å². The molecule has 0 aromatic heterocycles. The normalized spacial score (nSPS) is 11.0. The summed E-state index contributed by atoms with van der Waals surface area (Å²) in [5.41, 5.74) is 2.01. The van der Waals surface area contributed by atoms with Gasteiger partial charge in [-0.3, -0.25) is 4.79 Å². The van der Waals surface area contributed by atoms with Crippen molar-refractivity contribution in [3.63, 3.8) is 0 Å². The van der Waals surface area contributed by atoms with Crippen LogP contribution in [0.2, 0.25) is 5.02 Å². The standard InChI is InChI=1S/C20H22ClNO4/c1-20(2,3)13-7-9-17(25-4)14(11-13)18(23)22-16-8-6-12(10-15(16)21)19(24)26-5/h6-11H,1-5H3,(H,22,23). The van der Waals surface area contributed by atoms with Gasteiger partial charge in [-0.1, -0.05) is 38.4 Å². The zero-order chi connectivity index (χ0) is 19.5. The Bertz CT molecular complexity index is 840. The molecule has 2 rings (SSSR count). The minimum atomic E-state index is -0.496. The van der Waals surface area contributed by atoms with Crippen LogP contribution in [0.1, 0.15) is 47.1 Å². The van der Waals surface area contributed by atoms with E-state index in [4.69, 9.17) is 16.3 Å². The quantitative estimate of drug-likeness (QED) is 0.787. The number of nitrogens with one attached hydrogen (secondary N) is 1. The second-order valence-corrected chi connectivity index (χ2v) is 7.21. The molecule has 0 spiro atoms. The van der Waals surface area contributed by atoms with Gasteiger partial charge < -0.3 is 14.8 Å². The first-order chi connectivity index (χ1) is 12.2. The van der Waals surface area contributed by atoms with E-state index in [1.165, 1.54) is 26.4 Å². The highest BCUT2D eigenvalue weighted by molar-refractivity contribution is 6.34. The number of benzene rings is 2. The number of carbonyl (C=O) groups is 2. The summed E-state index contributed by atoms with van der Waals surface area (Å²) in [5.74, 6) is -0.372. The molecule has 1 amide bonds. The fourth-order valence-corrected chi connectivity index (χ4v) is 2.63. The lowest BCUT2D eigenvalue weighted by molar-refractivity contribution is 0.0600. The molecular formula is C20H22ClNO4. The van der Waals surface area contributed by atoms with Crippen LogP contribution in [0.3, 0.4) is 0 Å². The summed E-state index contributed by atoms with van der Waals surface area (Å²) in [4.78, 5) is 24.3. The van der Waals surface area contributed by atoms with E-state index in [2.05, 4.69) is 30.8 Å². The number of hydrogen-bond acceptors (Lipinski definition) is 4. The fourth-order valence-electron chi connectivity index (χ4n) is 2.40. The van der Waals surface area contributed by atoms with Crippen molar-refractivity contribution in [1.82, 2.24) is 0 Å². The van der Waals surface area contributed by atoms with Crippen molar-refractivity contribution in [1.29, 1.82) is 0 Å². The Morgan fingerprint density at radius 3 is 2.27 bits per heavy atom. The maximum Gasteiger partial charge on any atom is 0.337 e. The van der Waals surface area contributed by atoms with E-state index < -0.39 is 5.97 Å². The summed E-state index contributed by atoms with van der Waals surface area (Å²) in [7, 11) is 2.81. The topological polar surface area (TPSA) is 64.6 Å². The lowest BCUT2D eigenvalue weighted by Gasteiger charge is -2.21. The molecule has 0 heterocycles. The highest BCUT2D eigenvalue weighted by Gasteiger charge is 2.20. The molecule has 0 fully saturated rings. The van der Waals surface area contributed by atoms with E-state index in [0.717, 1.165) is 5.56 Å². The van der Waals surface area contributed by atoms with E-state index in [-0.39, 0.29) is 16.3 Å². The number of hydrogen-bond donors (Lipinski definition) is 1. The third-order valence-electron chi connectivity index (χ3n) is 3.95. The van der Waals surface area contributed by atoms with Crippen LogP contribution in [-0.4, -0.2) is 26.1 Å². The largest absolute Gasteiger partial charge is 0.496 e. The highest BCUT2D eigenvalue weighted by Crippen LogP contribution is 2.30. The van der Waals surface area contributed by atoms with Crippen LogP contribution < -0.4 is 10.1 Å². The van der Waals surface area contributed by atoms with Gasteiger partial charge in [-0.25, -0.2) is 4.79 Å². The van der Waals surface area contributed by atoms with Crippen molar-refractivity contribution in [3.05, 3.63) is 58.1 Å². The monoisotopic (exact) mass is 375 g/mol. The van der Waals surface area contributed by atoms with Crippen LogP contribution >= 0.6 is 11.6 Å². The Kier molecular flexibility index (Phi) is 5.93. The summed E-state index contributed by atoms with van der Waals surface area (Å²) in [6.07, 6.45) is 0. The molecule has 0 saturated heterocycles. The molecule has 138 valence electrons. The molecule has 6 heteroatoms. The van der Waals surface area contributed by atoms with Crippen molar-refractivity contribution < 1.29 is 19.1 Å². The molecule has 0 aliphatic rings. The summed E-state index contributed by atoms with van der Waals surface area (Å²) in [6, 6.07) is 10.1. The van der Waals surface area contributed by atoms with Gasteiger partial charge in [0.15, 0.2) is 0 Å². The van der Waals surface area contributed by atoms with Gasteiger partial charge in [0.05, 0.1) is 36.1 Å². The lowest BCUT2D eigenvalue weighted by Crippen LogP contribution is -2.17. The Balaban J connectivity index is 2.34. The number of rotatable bonds is 4. The van der Waals surface area contributed by atoms with Gasteiger partial charge >= 0.3 is 5.97 Å². The second-order valence-electron chi connectivity index (χ2n) is 6.81. The minimum absolute atomic E-state index is 0.110. The van der Waals surface area contributed by atoms with Gasteiger partial charge in [0, 0.05) is 0 Å². The Morgan fingerprint density at radius 2 is 1.73 bits per heavy atom. The summed E-state index contributed by atoms with van der Waals surface area (Å²) >= 11 is 6.19. The van der Waals surface area contributed by atoms with Gasteiger partial charge in [0.1, 0.15) is 5.75 Å². The van der Waals surface area contributed by atoms with Crippen molar-refractivity contribution in [2.75, 3.05) is 19.5 Å². The SMILES string of the molecule is COC(=O)c1ccc(NC(=O)c2cc(C(C)(C)C)ccc2OC)c(Cl)c1. The number of methoxy groups -OCH3 is 2. The van der Waals surface area contributed by atoms with Crippen molar-refractivity contribution in [2.45, 2.75) is 26.2 Å². The van der Waals surface area contributed by atoms with Gasteiger partial charge in [-0.2, -0.15) is 0 Å². The van der Waals surface area contributed by atoms with Gasteiger partial charge in [0.25, 0.3) is 5.91 Å². The first kappa shape index (κ1) is 19.8. The van der Waals surface area contributed by atoms with Crippen molar-refractivity contribution in [3.8, 4) is 5.75 Å². The average molecular weight is 376 g/mol. The van der Waals surface area contributed by atoms with Crippen LogP contribution in [0.5, 0.6) is 5.75 Å². The fraction of sp³-hybridized carbons (Fsp3) is 0.300. The maximum absolute atomic E-state index is 12.8. The minimum Gasteiger partial charge on any atom is -0.496 e. The number of halogens is 1. The zero-order valence-electron chi connectivity index (χ0n) is 15.5. The molecule has 2 aromatic carbocycles. The molecule has 0 radical (unpaired) electrons. The molecule has 0 bridgehead atoms. The predicted octanol–water partition coefficient (Wildman–Crippen LogP) is 4.69. The summed E-state index contributed by atoms with van der Waals surface area (Å²) < 4.78 is 9.97. The van der Waals surface area contributed by atoms with Crippen LogP contribution in [0.15, 0.2) is 36.4 Å². The lowest BCUT2D eigenvalue weighted by atomic mass is 9.86. The van der Waals surface area contributed by atoms with E-state index in [1.807, 2.05) is 12.1 Å². The van der Waals surface area contributed by atoms with E-state index in [9.17, 15) is 9.59 Å². The molecule has 26 heavy (non-hydrogen) atoms. The molecular weight excluding hydrogens is 354 g/mol. The molecule has 0 atom stereocenters.